The van der Waals surface area contributed by atoms with E-state index in [0.29, 0.717) is 18.9 Å². The standard InChI is InChI=1S/C14H25N3O3/c1-11(4-2-6-13(18)19)15-14(20)17-9-8-16-7-3-5-12(16)10-17/h11-12H,2-10H2,1H3,(H,15,20)(H,18,19). The highest BCUT2D eigenvalue weighted by Crippen LogP contribution is 2.21. The highest BCUT2D eigenvalue weighted by Gasteiger charge is 2.32. The van der Waals surface area contributed by atoms with Crippen LogP contribution in [0.15, 0.2) is 0 Å². The van der Waals surface area contributed by atoms with Gasteiger partial charge in [-0.25, -0.2) is 4.79 Å². The fourth-order valence-corrected chi connectivity index (χ4v) is 3.11. The molecule has 0 spiro atoms. The largest absolute Gasteiger partial charge is 0.481 e. The van der Waals surface area contributed by atoms with E-state index in [1.165, 1.54) is 19.4 Å². The van der Waals surface area contributed by atoms with E-state index in [1.807, 2.05) is 11.8 Å². The molecule has 0 aliphatic carbocycles. The van der Waals surface area contributed by atoms with Crippen molar-refractivity contribution in [3.05, 3.63) is 0 Å². The van der Waals surface area contributed by atoms with E-state index in [4.69, 9.17) is 5.11 Å². The van der Waals surface area contributed by atoms with Gasteiger partial charge in [-0.05, 0) is 39.2 Å². The van der Waals surface area contributed by atoms with Gasteiger partial charge >= 0.3 is 12.0 Å². The number of piperazine rings is 1. The molecule has 20 heavy (non-hydrogen) atoms. The van der Waals surface area contributed by atoms with Crippen LogP contribution in [-0.2, 0) is 4.79 Å². The monoisotopic (exact) mass is 283 g/mol. The van der Waals surface area contributed by atoms with Crippen LogP contribution in [0.1, 0.15) is 39.0 Å². The van der Waals surface area contributed by atoms with Gasteiger partial charge in [-0.3, -0.25) is 9.69 Å². The number of hydrogen-bond acceptors (Lipinski definition) is 3. The maximum Gasteiger partial charge on any atom is 0.317 e. The maximum atomic E-state index is 12.2. The Morgan fingerprint density at radius 1 is 1.35 bits per heavy atom. The van der Waals surface area contributed by atoms with Crippen LogP contribution in [-0.4, -0.2) is 65.2 Å². The molecule has 0 aromatic carbocycles. The van der Waals surface area contributed by atoms with Crippen molar-refractivity contribution in [3.8, 4) is 0 Å². The molecule has 2 rings (SSSR count). The SMILES string of the molecule is CC(CCCC(=O)O)NC(=O)N1CCN2CCCC2C1. The molecule has 0 aromatic rings. The summed E-state index contributed by atoms with van der Waals surface area (Å²) in [5, 5.41) is 11.6. The Bertz CT molecular complexity index is 362. The highest BCUT2D eigenvalue weighted by molar-refractivity contribution is 5.74. The van der Waals surface area contributed by atoms with Gasteiger partial charge in [-0.15, -0.1) is 0 Å². The summed E-state index contributed by atoms with van der Waals surface area (Å²) in [5.74, 6) is -0.777. The van der Waals surface area contributed by atoms with Gasteiger partial charge < -0.3 is 15.3 Å². The molecule has 6 nitrogen and oxygen atoms in total. The zero-order valence-corrected chi connectivity index (χ0v) is 12.2. The molecule has 0 saturated carbocycles. The Morgan fingerprint density at radius 3 is 2.90 bits per heavy atom. The topological polar surface area (TPSA) is 72.9 Å². The number of amides is 2. The Labute approximate surface area is 120 Å². The minimum atomic E-state index is -0.777. The quantitative estimate of drug-likeness (QED) is 0.793. The molecule has 0 bridgehead atoms. The Morgan fingerprint density at radius 2 is 2.15 bits per heavy atom. The number of nitrogens with one attached hydrogen (secondary N) is 1. The van der Waals surface area contributed by atoms with Gasteiger partial charge in [0.1, 0.15) is 0 Å². The summed E-state index contributed by atoms with van der Waals surface area (Å²) in [6.07, 6.45) is 3.92. The molecule has 2 unspecified atom stereocenters. The summed E-state index contributed by atoms with van der Waals surface area (Å²) in [4.78, 5) is 27.0. The zero-order valence-electron chi connectivity index (χ0n) is 12.2. The van der Waals surface area contributed by atoms with Crippen LogP contribution in [0.2, 0.25) is 0 Å². The van der Waals surface area contributed by atoms with Crippen molar-refractivity contribution in [3.63, 3.8) is 0 Å². The first kappa shape index (κ1) is 15.1. The average molecular weight is 283 g/mol. The Balaban J connectivity index is 1.70. The van der Waals surface area contributed by atoms with Crippen molar-refractivity contribution in [2.24, 2.45) is 0 Å². The summed E-state index contributed by atoms with van der Waals surface area (Å²) in [5.41, 5.74) is 0. The molecule has 2 aliphatic heterocycles. The number of rotatable bonds is 5. The fraction of sp³-hybridized carbons (Fsp3) is 0.857. The number of carbonyl (C=O) groups is 2. The van der Waals surface area contributed by atoms with Gasteiger partial charge in [0.15, 0.2) is 0 Å². The van der Waals surface area contributed by atoms with Gasteiger partial charge in [0, 0.05) is 38.1 Å². The van der Waals surface area contributed by atoms with Crippen molar-refractivity contribution < 1.29 is 14.7 Å². The van der Waals surface area contributed by atoms with Crippen LogP contribution >= 0.6 is 0 Å². The maximum absolute atomic E-state index is 12.2. The van der Waals surface area contributed by atoms with Crippen molar-refractivity contribution >= 4 is 12.0 Å². The second-order valence-corrected chi connectivity index (χ2v) is 5.91. The molecule has 2 atom stereocenters. The highest BCUT2D eigenvalue weighted by atomic mass is 16.4. The van der Waals surface area contributed by atoms with Crippen molar-refractivity contribution in [2.45, 2.75) is 51.1 Å². The minimum Gasteiger partial charge on any atom is -0.481 e. The number of fused-ring (bicyclic) bond motifs is 1. The molecular formula is C14H25N3O3. The number of carboxylic acids is 1. The first-order chi connectivity index (χ1) is 9.56. The summed E-state index contributed by atoms with van der Waals surface area (Å²) in [6.45, 7) is 5.71. The minimum absolute atomic E-state index is 0.000579. The third-order valence-corrected chi connectivity index (χ3v) is 4.27. The van der Waals surface area contributed by atoms with Crippen LogP contribution in [0.25, 0.3) is 0 Å². The average Bonchev–Trinajstić information content (AvgIpc) is 2.85. The van der Waals surface area contributed by atoms with E-state index in [-0.39, 0.29) is 18.5 Å². The van der Waals surface area contributed by atoms with E-state index in [1.54, 1.807) is 0 Å². The molecule has 2 N–H and O–H groups in total. The van der Waals surface area contributed by atoms with Crippen LogP contribution in [0, 0.1) is 0 Å². The van der Waals surface area contributed by atoms with Crippen molar-refractivity contribution in [1.29, 1.82) is 0 Å². The number of carbonyl (C=O) groups excluding carboxylic acids is 1. The fourth-order valence-electron chi connectivity index (χ4n) is 3.11. The number of aliphatic carboxylic acids is 1. The van der Waals surface area contributed by atoms with E-state index in [0.717, 1.165) is 19.6 Å². The van der Waals surface area contributed by atoms with Crippen LogP contribution in [0.4, 0.5) is 4.79 Å². The molecule has 0 radical (unpaired) electrons. The van der Waals surface area contributed by atoms with Gasteiger partial charge in [0.2, 0.25) is 0 Å². The zero-order chi connectivity index (χ0) is 14.5. The van der Waals surface area contributed by atoms with E-state index in [9.17, 15) is 9.59 Å². The first-order valence-electron chi connectivity index (χ1n) is 7.57. The lowest BCUT2D eigenvalue weighted by atomic mass is 10.1. The summed E-state index contributed by atoms with van der Waals surface area (Å²) in [6, 6.07) is 0.569. The van der Waals surface area contributed by atoms with E-state index >= 15 is 0 Å². The Hall–Kier alpha value is -1.30. The number of urea groups is 1. The summed E-state index contributed by atoms with van der Waals surface area (Å²) < 4.78 is 0. The lowest BCUT2D eigenvalue weighted by Crippen LogP contribution is -2.55. The molecule has 0 aromatic heterocycles. The molecule has 2 heterocycles. The van der Waals surface area contributed by atoms with E-state index < -0.39 is 5.97 Å². The number of carboxylic acid groups (broad SMARTS) is 1. The number of nitrogens with zero attached hydrogens (tertiary/aromatic N) is 2. The lowest BCUT2D eigenvalue weighted by molar-refractivity contribution is -0.137. The normalized spacial score (nSPS) is 24.2. The smallest absolute Gasteiger partial charge is 0.317 e. The molecular weight excluding hydrogens is 258 g/mol. The van der Waals surface area contributed by atoms with E-state index in [2.05, 4.69) is 10.2 Å². The second kappa shape index (κ2) is 6.92. The molecule has 6 heteroatoms. The lowest BCUT2D eigenvalue weighted by Gasteiger charge is -2.37. The third kappa shape index (κ3) is 4.10. The summed E-state index contributed by atoms with van der Waals surface area (Å²) >= 11 is 0. The first-order valence-corrected chi connectivity index (χ1v) is 7.57. The predicted molar refractivity (Wildman–Crippen MR) is 75.6 cm³/mol. The third-order valence-electron chi connectivity index (χ3n) is 4.27. The van der Waals surface area contributed by atoms with Crippen molar-refractivity contribution in [1.82, 2.24) is 15.1 Å². The van der Waals surface area contributed by atoms with Crippen LogP contribution < -0.4 is 5.32 Å². The van der Waals surface area contributed by atoms with Gasteiger partial charge in [0.25, 0.3) is 0 Å². The van der Waals surface area contributed by atoms with Gasteiger partial charge in [0.05, 0.1) is 0 Å². The van der Waals surface area contributed by atoms with Crippen LogP contribution in [0.5, 0.6) is 0 Å². The van der Waals surface area contributed by atoms with Crippen LogP contribution in [0.3, 0.4) is 0 Å². The molecule has 2 saturated heterocycles. The summed E-state index contributed by atoms with van der Waals surface area (Å²) in [7, 11) is 0. The van der Waals surface area contributed by atoms with Gasteiger partial charge in [-0.2, -0.15) is 0 Å². The second-order valence-electron chi connectivity index (χ2n) is 5.91. The Kier molecular flexibility index (Phi) is 5.23. The molecule has 114 valence electrons. The van der Waals surface area contributed by atoms with Crippen molar-refractivity contribution in [2.75, 3.05) is 26.2 Å². The predicted octanol–water partition coefficient (Wildman–Crippen LogP) is 1.12. The molecule has 2 amide bonds. The molecule has 2 fully saturated rings. The molecule has 2 aliphatic rings. The number of hydrogen-bond donors (Lipinski definition) is 2. The van der Waals surface area contributed by atoms with Gasteiger partial charge in [-0.1, -0.05) is 0 Å².